The highest BCUT2D eigenvalue weighted by Crippen LogP contribution is 2.34. The number of pyridine rings is 1. The highest BCUT2D eigenvalue weighted by atomic mass is 32.1. The van der Waals surface area contributed by atoms with Crippen LogP contribution in [0.1, 0.15) is 5.56 Å². The first-order valence-corrected chi connectivity index (χ1v) is 12.3. The summed E-state index contributed by atoms with van der Waals surface area (Å²) in [5.74, 6) is 0.997. The molecule has 35 heavy (non-hydrogen) atoms. The van der Waals surface area contributed by atoms with E-state index in [2.05, 4.69) is 55.5 Å². The van der Waals surface area contributed by atoms with Gasteiger partial charge in [-0.05, 0) is 49.4 Å². The summed E-state index contributed by atoms with van der Waals surface area (Å²) in [7, 11) is 2.15. The lowest BCUT2D eigenvalue weighted by atomic mass is 10.1. The maximum Gasteiger partial charge on any atom is 0.247 e. The summed E-state index contributed by atoms with van der Waals surface area (Å²) < 4.78 is 0.987. The highest BCUT2D eigenvalue weighted by molar-refractivity contribution is 7.17. The molecule has 0 aliphatic carbocycles. The largest absolute Gasteiger partial charge is 0.368 e. The van der Waals surface area contributed by atoms with Gasteiger partial charge < -0.3 is 20.4 Å². The molecule has 4 heterocycles. The van der Waals surface area contributed by atoms with Gasteiger partial charge in [0.15, 0.2) is 0 Å². The molecule has 0 unspecified atom stereocenters. The molecule has 178 valence electrons. The van der Waals surface area contributed by atoms with Crippen molar-refractivity contribution in [2.75, 3.05) is 48.8 Å². The first kappa shape index (κ1) is 22.9. The van der Waals surface area contributed by atoms with Crippen LogP contribution in [0.5, 0.6) is 0 Å². The fourth-order valence-corrected chi connectivity index (χ4v) is 4.96. The molecule has 2 N–H and O–H groups in total. The fraction of sp³-hybridized carbons (Fsp3) is 0.231. The molecule has 1 aliphatic heterocycles. The zero-order valence-electron chi connectivity index (χ0n) is 19.8. The molecule has 0 saturated carbocycles. The quantitative estimate of drug-likeness (QED) is 0.384. The summed E-state index contributed by atoms with van der Waals surface area (Å²) in [6.45, 7) is 9.67. The van der Waals surface area contributed by atoms with E-state index in [-0.39, 0.29) is 5.91 Å². The Morgan fingerprint density at radius 1 is 1.14 bits per heavy atom. The molecular formula is C26H27N7OS. The second-order valence-electron chi connectivity index (χ2n) is 8.60. The summed E-state index contributed by atoms with van der Waals surface area (Å²) in [4.78, 5) is 30.4. The Morgan fingerprint density at radius 2 is 1.97 bits per heavy atom. The summed E-state index contributed by atoms with van der Waals surface area (Å²) in [5, 5.41) is 8.16. The number of amides is 1. The van der Waals surface area contributed by atoms with Crippen molar-refractivity contribution in [2.24, 2.45) is 0 Å². The second-order valence-corrected chi connectivity index (χ2v) is 9.52. The predicted molar refractivity (Wildman–Crippen MR) is 144 cm³/mol. The maximum absolute atomic E-state index is 11.7. The number of carbonyl (C=O) groups is 1. The van der Waals surface area contributed by atoms with Crippen LogP contribution in [0, 0.1) is 6.92 Å². The topological polar surface area (TPSA) is 86.3 Å². The number of rotatable bonds is 6. The lowest BCUT2D eigenvalue weighted by Crippen LogP contribution is -2.44. The molecule has 1 aromatic carbocycles. The minimum Gasteiger partial charge on any atom is -0.368 e. The van der Waals surface area contributed by atoms with Crippen LogP contribution in [-0.4, -0.2) is 59.0 Å². The number of hydrogen-bond donors (Lipinski definition) is 2. The summed E-state index contributed by atoms with van der Waals surface area (Å²) >= 11 is 1.59. The van der Waals surface area contributed by atoms with E-state index in [9.17, 15) is 4.79 Å². The minimum atomic E-state index is -0.243. The molecule has 1 amide bonds. The third kappa shape index (κ3) is 5.01. The van der Waals surface area contributed by atoms with E-state index < -0.39 is 0 Å². The number of piperazine rings is 1. The molecule has 8 nitrogen and oxygen atoms in total. The first-order chi connectivity index (χ1) is 17.0. The Kier molecular flexibility index (Phi) is 6.43. The van der Waals surface area contributed by atoms with Crippen LogP contribution in [0.25, 0.3) is 21.3 Å². The molecule has 0 radical (unpaired) electrons. The monoisotopic (exact) mass is 485 g/mol. The van der Waals surface area contributed by atoms with E-state index in [0.29, 0.717) is 11.6 Å². The van der Waals surface area contributed by atoms with Crippen LogP contribution in [0.4, 0.5) is 23.1 Å². The number of likely N-dealkylation sites (N-methyl/N-ethyl adjacent to an activating group) is 1. The smallest absolute Gasteiger partial charge is 0.247 e. The molecule has 1 saturated heterocycles. The Morgan fingerprint density at radius 3 is 2.74 bits per heavy atom. The second kappa shape index (κ2) is 9.81. The third-order valence-electron chi connectivity index (χ3n) is 6.10. The summed E-state index contributed by atoms with van der Waals surface area (Å²) in [6, 6.07) is 9.86. The number of hydrogen-bond acceptors (Lipinski definition) is 8. The third-order valence-corrected chi connectivity index (χ3v) is 7.01. The van der Waals surface area contributed by atoms with Crippen molar-refractivity contribution >= 4 is 50.6 Å². The Bertz CT molecular complexity index is 1390. The predicted octanol–water partition coefficient (Wildman–Crippen LogP) is 4.68. The van der Waals surface area contributed by atoms with Gasteiger partial charge in [0.2, 0.25) is 11.9 Å². The number of nitrogens with one attached hydrogen (secondary N) is 2. The van der Waals surface area contributed by atoms with Crippen molar-refractivity contribution in [3.8, 4) is 11.1 Å². The van der Waals surface area contributed by atoms with Crippen LogP contribution >= 0.6 is 11.3 Å². The van der Waals surface area contributed by atoms with Crippen molar-refractivity contribution in [3.63, 3.8) is 0 Å². The SMILES string of the molecule is C=CC(=O)Nc1cccc(-c2csc3cnc(Nc4ncc(N5CCN(C)CC5)cc4C)nc23)c1. The molecule has 0 spiro atoms. The van der Waals surface area contributed by atoms with E-state index in [1.54, 1.807) is 11.3 Å². The number of benzene rings is 1. The van der Waals surface area contributed by atoms with Gasteiger partial charge in [0.1, 0.15) is 5.82 Å². The zero-order chi connectivity index (χ0) is 24.4. The van der Waals surface area contributed by atoms with E-state index in [1.165, 1.54) is 6.08 Å². The van der Waals surface area contributed by atoms with Crippen molar-refractivity contribution in [1.29, 1.82) is 0 Å². The van der Waals surface area contributed by atoms with Gasteiger partial charge in [-0.15, -0.1) is 11.3 Å². The van der Waals surface area contributed by atoms with Crippen LogP contribution in [0.2, 0.25) is 0 Å². The van der Waals surface area contributed by atoms with Crippen molar-refractivity contribution in [1.82, 2.24) is 19.9 Å². The number of thiophene rings is 1. The highest BCUT2D eigenvalue weighted by Gasteiger charge is 2.16. The number of carbonyl (C=O) groups excluding carboxylic acids is 1. The van der Waals surface area contributed by atoms with E-state index in [0.717, 1.165) is 64.6 Å². The number of aromatic nitrogens is 3. The van der Waals surface area contributed by atoms with Crippen LogP contribution in [0.3, 0.4) is 0 Å². The lowest BCUT2D eigenvalue weighted by molar-refractivity contribution is -0.111. The number of nitrogens with zero attached hydrogens (tertiary/aromatic N) is 5. The first-order valence-electron chi connectivity index (χ1n) is 11.5. The standard InChI is InChI=1S/C26H27N7OS/c1-4-23(34)29-19-7-5-6-18(13-19)21-16-35-22-15-28-26(30-24(21)22)31-25-17(2)12-20(14-27-25)33-10-8-32(3)9-11-33/h4-7,12-16H,1,8-11H2,2-3H3,(H,29,34)(H,27,28,30,31). The van der Waals surface area contributed by atoms with Crippen LogP contribution in [0.15, 0.2) is 60.8 Å². The molecule has 0 bridgehead atoms. The van der Waals surface area contributed by atoms with Gasteiger partial charge in [0.05, 0.1) is 28.3 Å². The molecular weight excluding hydrogens is 458 g/mol. The molecule has 9 heteroatoms. The van der Waals surface area contributed by atoms with Gasteiger partial charge in [0.25, 0.3) is 0 Å². The normalized spacial score (nSPS) is 14.2. The van der Waals surface area contributed by atoms with E-state index in [1.807, 2.05) is 43.6 Å². The Balaban J connectivity index is 1.39. The zero-order valence-corrected chi connectivity index (χ0v) is 20.6. The van der Waals surface area contributed by atoms with Gasteiger partial charge in [-0.3, -0.25) is 4.79 Å². The summed E-state index contributed by atoms with van der Waals surface area (Å²) in [6.07, 6.45) is 5.00. The fourth-order valence-electron chi connectivity index (χ4n) is 4.09. The number of aryl methyl sites for hydroxylation is 1. The van der Waals surface area contributed by atoms with E-state index >= 15 is 0 Å². The number of fused-ring (bicyclic) bond motifs is 1. The maximum atomic E-state index is 11.7. The molecule has 4 aromatic rings. The van der Waals surface area contributed by atoms with Gasteiger partial charge in [-0.1, -0.05) is 18.7 Å². The van der Waals surface area contributed by atoms with Crippen LogP contribution in [-0.2, 0) is 4.79 Å². The average Bonchev–Trinajstić information content (AvgIpc) is 3.29. The Hall–Kier alpha value is -3.82. The van der Waals surface area contributed by atoms with Gasteiger partial charge in [-0.25, -0.2) is 15.0 Å². The minimum absolute atomic E-state index is 0.243. The number of anilines is 4. The molecule has 5 rings (SSSR count). The van der Waals surface area contributed by atoms with E-state index in [4.69, 9.17) is 4.98 Å². The molecule has 1 aliphatic rings. The average molecular weight is 486 g/mol. The van der Waals surface area contributed by atoms with Gasteiger partial charge >= 0.3 is 0 Å². The summed E-state index contributed by atoms with van der Waals surface area (Å²) in [5.41, 5.74) is 5.70. The van der Waals surface area contributed by atoms with Crippen molar-refractivity contribution in [3.05, 3.63) is 66.3 Å². The van der Waals surface area contributed by atoms with Crippen molar-refractivity contribution < 1.29 is 4.79 Å². The Labute approximate surface area is 208 Å². The van der Waals surface area contributed by atoms with Crippen molar-refractivity contribution in [2.45, 2.75) is 6.92 Å². The lowest BCUT2D eigenvalue weighted by Gasteiger charge is -2.34. The molecule has 3 aromatic heterocycles. The van der Waals surface area contributed by atoms with Gasteiger partial charge in [0, 0.05) is 42.8 Å². The molecule has 1 fully saturated rings. The van der Waals surface area contributed by atoms with Gasteiger partial charge in [-0.2, -0.15) is 0 Å². The van der Waals surface area contributed by atoms with Crippen LogP contribution < -0.4 is 15.5 Å². The molecule has 0 atom stereocenters.